The fourth-order valence-corrected chi connectivity index (χ4v) is 2.02. The number of carbonyl (C=O) groups is 2. The van der Waals surface area contributed by atoms with E-state index in [4.69, 9.17) is 23.2 Å². The van der Waals surface area contributed by atoms with Crippen LogP contribution in [0.15, 0.2) is 18.2 Å². The van der Waals surface area contributed by atoms with Gasteiger partial charge in [0.1, 0.15) is 6.04 Å². The highest BCUT2D eigenvalue weighted by molar-refractivity contribution is 6.37. The van der Waals surface area contributed by atoms with E-state index in [1.54, 1.807) is 26.1 Å². The molecule has 2 rings (SSSR count). The topological polar surface area (TPSA) is 40.6 Å². The molecule has 1 saturated heterocycles. The van der Waals surface area contributed by atoms with Gasteiger partial charge >= 0.3 is 6.03 Å². The first-order valence-corrected chi connectivity index (χ1v) is 5.75. The molecule has 0 spiro atoms. The number of likely N-dealkylation sites (N-methyl/N-ethyl adjacent to an activating group) is 1. The van der Waals surface area contributed by atoms with Crippen molar-refractivity contribution in [1.82, 2.24) is 4.90 Å². The number of rotatable bonds is 1. The van der Waals surface area contributed by atoms with Crippen LogP contribution in [-0.2, 0) is 4.79 Å². The first-order valence-electron chi connectivity index (χ1n) is 4.99. The van der Waals surface area contributed by atoms with Crippen LogP contribution in [0.25, 0.3) is 0 Å². The van der Waals surface area contributed by atoms with Crippen LogP contribution < -0.4 is 4.90 Å². The Bertz CT molecular complexity index is 484. The SMILES string of the molecule is CC1C(=O)N(c2cc(Cl)ccc2Cl)C(=O)N1C. The molecule has 0 bridgehead atoms. The second kappa shape index (κ2) is 4.20. The summed E-state index contributed by atoms with van der Waals surface area (Å²) in [6, 6.07) is 3.78. The predicted molar refractivity (Wildman–Crippen MR) is 66.6 cm³/mol. The van der Waals surface area contributed by atoms with Crippen molar-refractivity contribution >= 4 is 40.8 Å². The van der Waals surface area contributed by atoms with Crippen molar-refractivity contribution in [2.24, 2.45) is 0 Å². The van der Waals surface area contributed by atoms with E-state index in [9.17, 15) is 9.59 Å². The van der Waals surface area contributed by atoms with Gasteiger partial charge in [-0.1, -0.05) is 23.2 Å². The number of hydrogen-bond donors (Lipinski definition) is 0. The number of anilines is 1. The van der Waals surface area contributed by atoms with Gasteiger partial charge in [-0.05, 0) is 25.1 Å². The monoisotopic (exact) mass is 272 g/mol. The maximum Gasteiger partial charge on any atom is 0.331 e. The summed E-state index contributed by atoms with van der Waals surface area (Å²) in [5.41, 5.74) is 0.324. The quantitative estimate of drug-likeness (QED) is 0.738. The number of benzene rings is 1. The molecule has 90 valence electrons. The summed E-state index contributed by atoms with van der Waals surface area (Å²) in [6.45, 7) is 1.67. The van der Waals surface area contributed by atoms with E-state index in [-0.39, 0.29) is 5.91 Å². The zero-order chi connectivity index (χ0) is 12.7. The van der Waals surface area contributed by atoms with Gasteiger partial charge in [-0.2, -0.15) is 0 Å². The van der Waals surface area contributed by atoms with Crippen LogP contribution in [0.1, 0.15) is 6.92 Å². The van der Waals surface area contributed by atoms with E-state index in [2.05, 4.69) is 0 Å². The standard InChI is InChI=1S/C11H10Cl2N2O2/c1-6-10(16)15(11(17)14(6)2)9-5-7(12)3-4-8(9)13/h3-6H,1-2H3. The summed E-state index contributed by atoms with van der Waals surface area (Å²) in [4.78, 5) is 26.3. The molecule has 17 heavy (non-hydrogen) atoms. The van der Waals surface area contributed by atoms with Gasteiger partial charge in [0.05, 0.1) is 10.7 Å². The molecular formula is C11H10Cl2N2O2. The summed E-state index contributed by atoms with van der Waals surface area (Å²) in [7, 11) is 1.57. The lowest BCUT2D eigenvalue weighted by Crippen LogP contribution is -2.31. The fourth-order valence-electron chi connectivity index (χ4n) is 1.65. The number of urea groups is 1. The number of amides is 3. The van der Waals surface area contributed by atoms with Gasteiger partial charge in [-0.15, -0.1) is 0 Å². The Morgan fingerprint density at radius 3 is 2.41 bits per heavy atom. The van der Waals surface area contributed by atoms with Gasteiger partial charge in [0.2, 0.25) is 0 Å². The average molecular weight is 273 g/mol. The van der Waals surface area contributed by atoms with E-state index in [0.29, 0.717) is 15.7 Å². The Kier molecular flexibility index (Phi) is 3.02. The second-order valence-electron chi connectivity index (χ2n) is 3.84. The third-order valence-corrected chi connectivity index (χ3v) is 3.36. The first kappa shape index (κ1) is 12.2. The normalized spacial score (nSPS) is 20.4. The minimum atomic E-state index is -0.488. The molecule has 1 aromatic rings. The second-order valence-corrected chi connectivity index (χ2v) is 4.68. The first-order chi connectivity index (χ1) is 7.93. The highest BCUT2D eigenvalue weighted by Crippen LogP contribution is 2.32. The van der Waals surface area contributed by atoms with Crippen molar-refractivity contribution in [1.29, 1.82) is 0 Å². The van der Waals surface area contributed by atoms with Gasteiger partial charge in [-0.25, -0.2) is 9.69 Å². The number of carbonyl (C=O) groups excluding carboxylic acids is 2. The van der Waals surface area contributed by atoms with E-state index in [0.717, 1.165) is 4.90 Å². The predicted octanol–water partition coefficient (Wildman–Crippen LogP) is 2.78. The summed E-state index contributed by atoms with van der Waals surface area (Å²) >= 11 is 11.8. The molecule has 0 aliphatic carbocycles. The smallest absolute Gasteiger partial charge is 0.315 e. The van der Waals surface area contributed by atoms with E-state index in [1.807, 2.05) is 0 Å². The van der Waals surface area contributed by atoms with Crippen LogP contribution >= 0.6 is 23.2 Å². The largest absolute Gasteiger partial charge is 0.331 e. The van der Waals surface area contributed by atoms with Gasteiger partial charge in [0.15, 0.2) is 0 Å². The maximum absolute atomic E-state index is 12.0. The third-order valence-electron chi connectivity index (χ3n) is 2.80. The minimum absolute atomic E-state index is 0.304. The number of imide groups is 1. The molecule has 6 heteroatoms. The molecule has 4 nitrogen and oxygen atoms in total. The Hall–Kier alpha value is -1.26. The van der Waals surface area contributed by atoms with Crippen molar-refractivity contribution in [2.45, 2.75) is 13.0 Å². The fraction of sp³-hybridized carbons (Fsp3) is 0.273. The molecule has 1 unspecified atom stereocenters. The van der Waals surface area contributed by atoms with Crippen LogP contribution in [-0.4, -0.2) is 29.9 Å². The van der Waals surface area contributed by atoms with Crippen molar-refractivity contribution in [2.75, 3.05) is 11.9 Å². The van der Waals surface area contributed by atoms with Crippen molar-refractivity contribution in [3.63, 3.8) is 0 Å². The Morgan fingerprint density at radius 2 is 1.88 bits per heavy atom. The molecule has 1 heterocycles. The van der Waals surface area contributed by atoms with Crippen molar-refractivity contribution in [3.05, 3.63) is 28.2 Å². The highest BCUT2D eigenvalue weighted by Gasteiger charge is 2.41. The Morgan fingerprint density at radius 1 is 1.24 bits per heavy atom. The van der Waals surface area contributed by atoms with E-state index in [1.165, 1.54) is 11.0 Å². The summed E-state index contributed by atoms with van der Waals surface area (Å²) < 4.78 is 0. The molecule has 0 radical (unpaired) electrons. The minimum Gasteiger partial charge on any atom is -0.315 e. The van der Waals surface area contributed by atoms with E-state index >= 15 is 0 Å². The molecule has 3 amide bonds. The molecule has 0 aromatic heterocycles. The summed E-state index contributed by atoms with van der Waals surface area (Å²) in [5.74, 6) is -0.304. The lowest BCUT2D eigenvalue weighted by atomic mass is 10.2. The summed E-state index contributed by atoms with van der Waals surface area (Å²) in [5, 5.41) is 0.741. The molecule has 0 saturated carbocycles. The highest BCUT2D eigenvalue weighted by atomic mass is 35.5. The van der Waals surface area contributed by atoms with Gasteiger partial charge in [-0.3, -0.25) is 4.79 Å². The molecule has 1 aromatic carbocycles. The zero-order valence-electron chi connectivity index (χ0n) is 9.28. The molecular weight excluding hydrogens is 263 g/mol. The number of halogens is 2. The molecule has 0 N–H and O–H groups in total. The lowest BCUT2D eigenvalue weighted by molar-refractivity contribution is -0.119. The molecule has 1 aliphatic rings. The van der Waals surface area contributed by atoms with E-state index < -0.39 is 12.1 Å². The number of hydrogen-bond acceptors (Lipinski definition) is 2. The summed E-state index contributed by atoms with van der Waals surface area (Å²) in [6.07, 6.45) is 0. The lowest BCUT2D eigenvalue weighted by Gasteiger charge is -2.15. The maximum atomic E-state index is 12.0. The average Bonchev–Trinajstić information content (AvgIpc) is 2.48. The van der Waals surface area contributed by atoms with Gasteiger partial charge < -0.3 is 4.90 Å². The number of nitrogens with zero attached hydrogens (tertiary/aromatic N) is 2. The molecule has 1 fully saturated rings. The molecule has 1 atom stereocenters. The van der Waals surface area contributed by atoms with Gasteiger partial charge in [0.25, 0.3) is 5.91 Å². The van der Waals surface area contributed by atoms with Crippen molar-refractivity contribution in [3.8, 4) is 0 Å². The Balaban J connectivity index is 2.50. The van der Waals surface area contributed by atoms with Crippen LogP contribution in [0, 0.1) is 0 Å². The Labute approximate surface area is 109 Å². The van der Waals surface area contributed by atoms with Crippen LogP contribution in [0.4, 0.5) is 10.5 Å². The van der Waals surface area contributed by atoms with Crippen LogP contribution in [0.3, 0.4) is 0 Å². The van der Waals surface area contributed by atoms with Crippen LogP contribution in [0.5, 0.6) is 0 Å². The van der Waals surface area contributed by atoms with Gasteiger partial charge in [0, 0.05) is 12.1 Å². The van der Waals surface area contributed by atoms with Crippen LogP contribution in [0.2, 0.25) is 10.0 Å². The van der Waals surface area contributed by atoms with Crippen molar-refractivity contribution < 1.29 is 9.59 Å². The zero-order valence-corrected chi connectivity index (χ0v) is 10.8. The molecule has 1 aliphatic heterocycles. The third kappa shape index (κ3) is 1.87.